The van der Waals surface area contributed by atoms with E-state index in [-0.39, 0.29) is 18.2 Å². The number of aromatic nitrogens is 1. The summed E-state index contributed by atoms with van der Waals surface area (Å²) >= 11 is 0. The van der Waals surface area contributed by atoms with Crippen molar-refractivity contribution in [3.8, 4) is 0 Å². The van der Waals surface area contributed by atoms with Gasteiger partial charge in [0, 0.05) is 24.8 Å². The summed E-state index contributed by atoms with van der Waals surface area (Å²) in [5.74, 6) is -0.303. The van der Waals surface area contributed by atoms with Crippen LogP contribution < -0.4 is 0 Å². The minimum Gasteiger partial charge on any atom is -0.389 e. The Morgan fingerprint density at radius 3 is 2.44 bits per heavy atom. The number of hydrogen-bond donors (Lipinski definition) is 2. The van der Waals surface area contributed by atoms with Crippen LogP contribution >= 0.6 is 0 Å². The van der Waals surface area contributed by atoms with Crippen molar-refractivity contribution in [2.45, 2.75) is 33.3 Å². The monoisotopic (exact) mass is 252 g/mol. The number of nitrogens with zero attached hydrogens (tertiary/aromatic N) is 1. The molecule has 0 saturated heterocycles. The van der Waals surface area contributed by atoms with Gasteiger partial charge in [-0.15, -0.1) is 0 Å². The topological polar surface area (TPSA) is 73.4 Å². The number of amides is 1. The molecule has 1 heterocycles. The second kappa shape index (κ2) is 5.35. The molecule has 0 spiro atoms. The van der Waals surface area contributed by atoms with E-state index in [0.717, 1.165) is 0 Å². The summed E-state index contributed by atoms with van der Waals surface area (Å²) in [7, 11) is 0. The van der Waals surface area contributed by atoms with Crippen LogP contribution in [0.2, 0.25) is 0 Å². The highest BCUT2D eigenvalue weighted by molar-refractivity contribution is 5.99. The van der Waals surface area contributed by atoms with E-state index < -0.39 is 5.60 Å². The van der Waals surface area contributed by atoms with Crippen LogP contribution in [0.3, 0.4) is 0 Å². The minimum absolute atomic E-state index is 0.0872. The van der Waals surface area contributed by atoms with Crippen LogP contribution in [-0.4, -0.2) is 45.4 Å². The third kappa shape index (κ3) is 3.70. The predicted octanol–water partition coefficient (Wildman–Crippen LogP) is 1.45. The molecule has 18 heavy (non-hydrogen) atoms. The normalized spacial score (nSPS) is 11.4. The molecule has 0 aliphatic rings. The molecule has 0 radical (unpaired) electrons. The molecule has 1 amide bonds. The second-order valence-electron chi connectivity index (χ2n) is 4.99. The van der Waals surface area contributed by atoms with Gasteiger partial charge in [-0.25, -0.2) is 0 Å². The van der Waals surface area contributed by atoms with E-state index in [4.69, 9.17) is 0 Å². The average Bonchev–Trinajstić information content (AvgIpc) is 2.72. The second-order valence-corrected chi connectivity index (χ2v) is 4.99. The smallest absolute Gasteiger partial charge is 0.270 e. The Balaban J connectivity index is 2.86. The van der Waals surface area contributed by atoms with Gasteiger partial charge in [-0.2, -0.15) is 0 Å². The van der Waals surface area contributed by atoms with Crippen LogP contribution in [0.25, 0.3) is 0 Å². The lowest BCUT2D eigenvalue weighted by molar-refractivity contribution is 0.0312. The summed E-state index contributed by atoms with van der Waals surface area (Å²) in [6.45, 7) is 7.34. The molecule has 1 aromatic heterocycles. The minimum atomic E-state index is -0.943. The number of aromatic amines is 1. The molecule has 5 nitrogen and oxygen atoms in total. The van der Waals surface area contributed by atoms with Crippen LogP contribution in [0.4, 0.5) is 0 Å². The molecule has 0 unspecified atom stereocenters. The van der Waals surface area contributed by atoms with Crippen molar-refractivity contribution in [3.63, 3.8) is 0 Å². The maximum absolute atomic E-state index is 12.2. The Labute approximate surface area is 107 Å². The van der Waals surface area contributed by atoms with Gasteiger partial charge >= 0.3 is 0 Å². The third-order valence-electron chi connectivity index (χ3n) is 2.57. The Morgan fingerprint density at radius 2 is 2.06 bits per heavy atom. The van der Waals surface area contributed by atoms with E-state index in [0.29, 0.717) is 17.8 Å². The van der Waals surface area contributed by atoms with Crippen molar-refractivity contribution in [1.29, 1.82) is 0 Å². The lowest BCUT2D eigenvalue weighted by Gasteiger charge is -2.27. The van der Waals surface area contributed by atoms with Gasteiger partial charge in [-0.1, -0.05) is 0 Å². The van der Waals surface area contributed by atoms with E-state index in [2.05, 4.69) is 4.98 Å². The maximum atomic E-state index is 12.2. The number of likely N-dealkylation sites (N-methyl/N-ethyl adjacent to an activating group) is 1. The van der Waals surface area contributed by atoms with E-state index in [1.807, 2.05) is 6.92 Å². The zero-order chi connectivity index (χ0) is 13.9. The Hall–Kier alpha value is -1.62. The summed E-state index contributed by atoms with van der Waals surface area (Å²) < 4.78 is 0. The number of aliphatic hydroxyl groups is 1. The molecule has 0 aliphatic heterocycles. The largest absolute Gasteiger partial charge is 0.389 e. The highest BCUT2D eigenvalue weighted by Gasteiger charge is 2.23. The van der Waals surface area contributed by atoms with E-state index in [9.17, 15) is 14.7 Å². The third-order valence-corrected chi connectivity index (χ3v) is 2.57. The van der Waals surface area contributed by atoms with E-state index in [1.54, 1.807) is 13.8 Å². The van der Waals surface area contributed by atoms with Crippen molar-refractivity contribution < 1.29 is 14.7 Å². The van der Waals surface area contributed by atoms with Crippen LogP contribution in [0.5, 0.6) is 0 Å². The predicted molar refractivity (Wildman–Crippen MR) is 68.7 cm³/mol. The molecule has 0 aromatic carbocycles. The number of carbonyl (C=O) groups is 2. The molecule has 100 valence electrons. The van der Waals surface area contributed by atoms with Gasteiger partial charge in [0.15, 0.2) is 5.78 Å². The number of H-pyrrole nitrogens is 1. The summed E-state index contributed by atoms with van der Waals surface area (Å²) in [4.78, 5) is 27.7. The molecular formula is C13H20N2O3. The fourth-order valence-corrected chi connectivity index (χ4v) is 1.69. The van der Waals surface area contributed by atoms with Crippen LogP contribution in [0, 0.1) is 0 Å². The summed E-state index contributed by atoms with van der Waals surface area (Å²) in [6.07, 6.45) is 1.52. The highest BCUT2D eigenvalue weighted by atomic mass is 16.3. The fraction of sp³-hybridized carbons (Fsp3) is 0.538. The molecule has 2 N–H and O–H groups in total. The first kappa shape index (κ1) is 14.4. The average molecular weight is 252 g/mol. The van der Waals surface area contributed by atoms with Crippen LogP contribution in [-0.2, 0) is 0 Å². The fourth-order valence-electron chi connectivity index (χ4n) is 1.69. The molecule has 0 saturated carbocycles. The van der Waals surface area contributed by atoms with Crippen molar-refractivity contribution in [3.05, 3.63) is 23.5 Å². The molecular weight excluding hydrogens is 232 g/mol. The first-order chi connectivity index (χ1) is 8.24. The van der Waals surface area contributed by atoms with Gasteiger partial charge in [0.05, 0.1) is 5.60 Å². The highest BCUT2D eigenvalue weighted by Crippen LogP contribution is 2.11. The van der Waals surface area contributed by atoms with Crippen molar-refractivity contribution in [1.82, 2.24) is 9.88 Å². The Kier molecular flexibility index (Phi) is 4.29. The first-order valence-electron chi connectivity index (χ1n) is 5.95. The van der Waals surface area contributed by atoms with Crippen molar-refractivity contribution >= 4 is 11.7 Å². The molecule has 0 aliphatic carbocycles. The van der Waals surface area contributed by atoms with Gasteiger partial charge < -0.3 is 15.0 Å². The number of ketones is 1. The van der Waals surface area contributed by atoms with Crippen LogP contribution in [0.15, 0.2) is 12.3 Å². The van der Waals surface area contributed by atoms with Gasteiger partial charge in [0.1, 0.15) is 5.69 Å². The lowest BCUT2D eigenvalue weighted by Crippen LogP contribution is -2.42. The molecule has 1 rings (SSSR count). The zero-order valence-corrected chi connectivity index (χ0v) is 11.3. The number of rotatable bonds is 5. The number of Topliss-reactive ketones (excluding diaryl/α,β-unsaturated/α-hetero) is 1. The van der Waals surface area contributed by atoms with Gasteiger partial charge in [0.25, 0.3) is 5.91 Å². The SMILES string of the molecule is CCN(CC(C)(C)O)C(=O)c1cc(C(C)=O)c[nH]1. The number of nitrogens with one attached hydrogen (secondary N) is 1. The molecule has 0 bridgehead atoms. The number of carbonyl (C=O) groups excluding carboxylic acids is 2. The van der Waals surface area contributed by atoms with Crippen molar-refractivity contribution in [2.24, 2.45) is 0 Å². The van der Waals surface area contributed by atoms with Gasteiger partial charge in [-0.05, 0) is 33.8 Å². The molecule has 0 atom stereocenters. The van der Waals surface area contributed by atoms with Gasteiger partial charge in [0.2, 0.25) is 0 Å². The zero-order valence-electron chi connectivity index (χ0n) is 11.3. The summed E-state index contributed by atoms with van der Waals surface area (Å²) in [5, 5.41) is 9.75. The first-order valence-corrected chi connectivity index (χ1v) is 5.95. The number of hydrogen-bond acceptors (Lipinski definition) is 3. The quantitative estimate of drug-likeness (QED) is 0.779. The Morgan fingerprint density at radius 1 is 1.44 bits per heavy atom. The molecule has 5 heteroatoms. The maximum Gasteiger partial charge on any atom is 0.270 e. The lowest BCUT2D eigenvalue weighted by atomic mass is 10.1. The van der Waals surface area contributed by atoms with E-state index >= 15 is 0 Å². The molecule has 1 aromatic rings. The Bertz CT molecular complexity index is 443. The standard InChI is InChI=1S/C13H20N2O3/c1-5-15(8-13(3,4)18)12(17)11-6-10(7-14-11)9(2)16/h6-7,14,18H,5,8H2,1-4H3. The van der Waals surface area contributed by atoms with Crippen LogP contribution in [0.1, 0.15) is 48.5 Å². The summed E-state index contributed by atoms with van der Waals surface area (Å²) in [5.41, 5.74) is -0.0919. The summed E-state index contributed by atoms with van der Waals surface area (Å²) in [6, 6.07) is 1.54. The van der Waals surface area contributed by atoms with E-state index in [1.165, 1.54) is 24.1 Å². The van der Waals surface area contributed by atoms with Gasteiger partial charge in [-0.3, -0.25) is 9.59 Å². The molecule has 0 fully saturated rings. The van der Waals surface area contributed by atoms with Crippen molar-refractivity contribution in [2.75, 3.05) is 13.1 Å².